The lowest BCUT2D eigenvalue weighted by Crippen LogP contribution is -1.93. The van der Waals surface area contributed by atoms with Crippen LogP contribution in [0.2, 0.25) is 0 Å². The van der Waals surface area contributed by atoms with Gasteiger partial charge in [0.25, 0.3) is 0 Å². The Morgan fingerprint density at radius 3 is 2.26 bits per heavy atom. The fourth-order valence-corrected chi connectivity index (χ4v) is 5.28. The van der Waals surface area contributed by atoms with Gasteiger partial charge in [-0.2, -0.15) is 0 Å². The molecule has 0 aromatic heterocycles. The Bertz CT molecular complexity index is 1020. The lowest BCUT2D eigenvalue weighted by molar-refractivity contribution is 1.13. The van der Waals surface area contributed by atoms with E-state index in [1.165, 1.54) is 44.6 Å². The Kier molecular flexibility index (Phi) is 5.39. The first-order valence-electron chi connectivity index (χ1n) is 9.33. The van der Waals surface area contributed by atoms with Gasteiger partial charge in [0.15, 0.2) is 0 Å². The SMILES string of the molecule is CC1=C(/C=C/c2cc(Br)cc(Br)c2C)CC(C2=CC=CC2)=C1C1=CC=CC1. The van der Waals surface area contributed by atoms with Gasteiger partial charge < -0.3 is 0 Å². The minimum Gasteiger partial charge on any atom is -0.0801 e. The number of halogens is 2. The van der Waals surface area contributed by atoms with E-state index in [0.29, 0.717) is 0 Å². The Morgan fingerprint density at radius 2 is 1.59 bits per heavy atom. The highest BCUT2D eigenvalue weighted by Gasteiger charge is 2.25. The molecule has 0 atom stereocenters. The van der Waals surface area contributed by atoms with Gasteiger partial charge in [-0.15, -0.1) is 0 Å². The van der Waals surface area contributed by atoms with Gasteiger partial charge in [0.2, 0.25) is 0 Å². The highest BCUT2D eigenvalue weighted by Crippen LogP contribution is 2.44. The summed E-state index contributed by atoms with van der Waals surface area (Å²) in [7, 11) is 0. The molecule has 1 aromatic carbocycles. The van der Waals surface area contributed by atoms with Gasteiger partial charge in [0.1, 0.15) is 0 Å². The quantitative estimate of drug-likeness (QED) is 0.405. The zero-order valence-corrected chi connectivity index (χ0v) is 18.8. The molecule has 3 aliphatic carbocycles. The number of benzene rings is 1. The monoisotopic (exact) mass is 480 g/mol. The van der Waals surface area contributed by atoms with Crippen molar-refractivity contribution in [3.05, 3.63) is 108 Å². The molecule has 0 saturated carbocycles. The summed E-state index contributed by atoms with van der Waals surface area (Å²) in [5, 5.41) is 0. The first kappa shape index (κ1) is 18.7. The van der Waals surface area contributed by atoms with Gasteiger partial charge in [-0.25, -0.2) is 0 Å². The van der Waals surface area contributed by atoms with E-state index in [9.17, 15) is 0 Å². The third-order valence-electron chi connectivity index (χ3n) is 5.59. The largest absolute Gasteiger partial charge is 0.0801 e. The van der Waals surface area contributed by atoms with Crippen molar-refractivity contribution in [2.45, 2.75) is 33.1 Å². The van der Waals surface area contributed by atoms with Gasteiger partial charge in [0, 0.05) is 8.95 Å². The van der Waals surface area contributed by atoms with Crippen molar-refractivity contribution in [3.8, 4) is 0 Å². The summed E-state index contributed by atoms with van der Waals surface area (Å²) in [5.74, 6) is 0. The molecule has 0 radical (unpaired) electrons. The van der Waals surface area contributed by atoms with E-state index in [0.717, 1.165) is 28.2 Å². The van der Waals surface area contributed by atoms with Crippen molar-refractivity contribution < 1.29 is 0 Å². The molecule has 0 aliphatic heterocycles. The van der Waals surface area contributed by atoms with Gasteiger partial charge in [-0.3, -0.25) is 0 Å². The van der Waals surface area contributed by atoms with E-state index in [1.807, 2.05) is 0 Å². The van der Waals surface area contributed by atoms with Crippen molar-refractivity contribution in [3.63, 3.8) is 0 Å². The molecule has 0 heterocycles. The predicted molar refractivity (Wildman–Crippen MR) is 124 cm³/mol. The summed E-state index contributed by atoms with van der Waals surface area (Å²) >= 11 is 7.27. The number of rotatable bonds is 4. The van der Waals surface area contributed by atoms with Crippen molar-refractivity contribution in [2.24, 2.45) is 0 Å². The highest BCUT2D eigenvalue weighted by atomic mass is 79.9. The Morgan fingerprint density at radius 1 is 0.889 bits per heavy atom. The van der Waals surface area contributed by atoms with Gasteiger partial charge in [0.05, 0.1) is 0 Å². The van der Waals surface area contributed by atoms with Crippen LogP contribution < -0.4 is 0 Å². The van der Waals surface area contributed by atoms with Crippen LogP contribution in [0.5, 0.6) is 0 Å². The van der Waals surface area contributed by atoms with E-state index in [2.05, 4.69) is 106 Å². The van der Waals surface area contributed by atoms with Crippen LogP contribution in [0.1, 0.15) is 37.3 Å². The second-order valence-electron chi connectivity index (χ2n) is 7.26. The fourth-order valence-electron chi connectivity index (χ4n) is 4.02. The third kappa shape index (κ3) is 3.70. The number of allylic oxidation sites excluding steroid dienone is 13. The van der Waals surface area contributed by atoms with E-state index in [-0.39, 0.29) is 0 Å². The Balaban J connectivity index is 1.69. The fraction of sp³-hybridized carbons (Fsp3) is 0.200. The summed E-state index contributed by atoms with van der Waals surface area (Å²) in [5.41, 5.74) is 11.3. The molecular weight excluding hydrogens is 460 g/mol. The first-order chi connectivity index (χ1) is 13.0. The summed E-state index contributed by atoms with van der Waals surface area (Å²) in [6.07, 6.45) is 21.2. The van der Waals surface area contributed by atoms with Crippen molar-refractivity contribution in [1.82, 2.24) is 0 Å². The van der Waals surface area contributed by atoms with Crippen molar-refractivity contribution in [2.75, 3.05) is 0 Å². The number of hydrogen-bond donors (Lipinski definition) is 0. The van der Waals surface area contributed by atoms with Crippen LogP contribution in [0.15, 0.2) is 97.0 Å². The first-order valence-corrected chi connectivity index (χ1v) is 10.9. The molecule has 0 N–H and O–H groups in total. The minimum absolute atomic E-state index is 1.02. The molecule has 1 aromatic rings. The molecule has 0 amide bonds. The molecule has 4 rings (SSSR count). The van der Waals surface area contributed by atoms with Crippen LogP contribution in [0.3, 0.4) is 0 Å². The van der Waals surface area contributed by atoms with Crippen LogP contribution in [-0.2, 0) is 0 Å². The number of hydrogen-bond acceptors (Lipinski definition) is 0. The highest BCUT2D eigenvalue weighted by molar-refractivity contribution is 9.11. The maximum absolute atomic E-state index is 3.66. The molecule has 0 nitrogen and oxygen atoms in total. The second-order valence-corrected chi connectivity index (χ2v) is 9.03. The molecule has 2 heteroatoms. The average Bonchev–Trinajstić information content (AvgIpc) is 3.37. The molecule has 0 unspecified atom stereocenters. The molecule has 136 valence electrons. The summed E-state index contributed by atoms with van der Waals surface area (Å²) in [6, 6.07) is 4.28. The van der Waals surface area contributed by atoms with Gasteiger partial charge >= 0.3 is 0 Å². The van der Waals surface area contributed by atoms with Crippen LogP contribution >= 0.6 is 31.9 Å². The maximum atomic E-state index is 3.66. The van der Waals surface area contributed by atoms with Crippen LogP contribution in [-0.4, -0.2) is 0 Å². The summed E-state index contributed by atoms with van der Waals surface area (Å²) < 4.78 is 2.23. The topological polar surface area (TPSA) is 0 Å². The Hall–Kier alpha value is -1.64. The van der Waals surface area contributed by atoms with Crippen LogP contribution in [0.4, 0.5) is 0 Å². The summed E-state index contributed by atoms with van der Waals surface area (Å²) in [4.78, 5) is 0. The zero-order valence-electron chi connectivity index (χ0n) is 15.7. The molecule has 0 bridgehead atoms. The standard InChI is InChI=1S/C25H22Br2/c1-16-20(13-22(26)15-24(16)27)11-12-21-14-23(18-7-3-4-8-18)25(17(21)2)19-9-5-6-10-19/h3-7,9,11-13,15H,8,10,14H2,1-2H3/b12-11+. The molecule has 0 saturated heterocycles. The van der Waals surface area contributed by atoms with E-state index >= 15 is 0 Å². The lowest BCUT2D eigenvalue weighted by atomic mass is 9.93. The molecular formula is C25H22Br2. The minimum atomic E-state index is 1.02. The van der Waals surface area contributed by atoms with E-state index in [4.69, 9.17) is 0 Å². The van der Waals surface area contributed by atoms with Crippen molar-refractivity contribution >= 4 is 37.9 Å². The van der Waals surface area contributed by atoms with E-state index < -0.39 is 0 Å². The predicted octanol–water partition coefficient (Wildman–Crippen LogP) is 8.32. The van der Waals surface area contributed by atoms with Crippen LogP contribution in [0.25, 0.3) is 6.08 Å². The molecule has 0 spiro atoms. The van der Waals surface area contributed by atoms with Crippen LogP contribution in [0, 0.1) is 6.92 Å². The second kappa shape index (κ2) is 7.77. The average molecular weight is 482 g/mol. The van der Waals surface area contributed by atoms with E-state index in [1.54, 1.807) is 0 Å². The Labute approximate surface area is 178 Å². The van der Waals surface area contributed by atoms with Gasteiger partial charge in [-0.1, -0.05) is 80.5 Å². The van der Waals surface area contributed by atoms with Crippen molar-refractivity contribution in [1.29, 1.82) is 0 Å². The normalized spacial score (nSPS) is 19.1. The molecule has 0 fully saturated rings. The van der Waals surface area contributed by atoms with Gasteiger partial charge in [-0.05, 0) is 89.8 Å². The maximum Gasteiger partial charge on any atom is 0.0221 e. The summed E-state index contributed by atoms with van der Waals surface area (Å²) in [6.45, 7) is 4.44. The smallest absolute Gasteiger partial charge is 0.0221 e. The molecule has 3 aliphatic rings. The third-order valence-corrected chi connectivity index (χ3v) is 6.87. The lowest BCUT2D eigenvalue weighted by Gasteiger charge is -2.11. The zero-order chi connectivity index (χ0) is 19.0. The molecule has 27 heavy (non-hydrogen) atoms.